The molecule has 0 saturated heterocycles. The minimum absolute atomic E-state index is 0.291. The van der Waals surface area contributed by atoms with Gasteiger partial charge in [-0.3, -0.25) is 0 Å². The molecule has 0 aromatic rings. The fourth-order valence-corrected chi connectivity index (χ4v) is 2.21. The predicted molar refractivity (Wildman–Crippen MR) is 85.9 cm³/mol. The summed E-state index contributed by atoms with van der Waals surface area (Å²) in [6.07, 6.45) is 18.0. The van der Waals surface area contributed by atoms with Crippen LogP contribution in [0.25, 0.3) is 0 Å². The molecule has 0 aromatic heterocycles. The number of thioether (sulfide) groups is 1. The van der Waals surface area contributed by atoms with E-state index in [1.54, 1.807) is 0 Å². The molecule has 0 bridgehead atoms. The van der Waals surface area contributed by atoms with Crippen LogP contribution < -0.4 is 0 Å². The van der Waals surface area contributed by atoms with Crippen molar-refractivity contribution < 1.29 is 0 Å². The molecular formula is C17H22S. The van der Waals surface area contributed by atoms with Gasteiger partial charge in [-0.05, 0) is 23.3 Å². The van der Waals surface area contributed by atoms with E-state index in [1.165, 1.54) is 5.75 Å². The standard InChI is InChI=1S/C17H22S/c1-15-11-7-4-5-9-13-18-14-10-6-8-12-16(2)17(15)3/h4-8,10-12,17H,1-2,9,13-14H2,3H3/b5-4-,10-6-,11-7-,12-8-. The fourth-order valence-electron chi connectivity index (χ4n) is 1.50. The van der Waals surface area contributed by atoms with E-state index in [0.29, 0.717) is 5.92 Å². The Morgan fingerprint density at radius 1 is 1.00 bits per heavy atom. The Kier molecular flexibility index (Phi) is 7.28. The second-order valence-corrected chi connectivity index (χ2v) is 5.46. The Hall–Kier alpha value is -1.21. The van der Waals surface area contributed by atoms with Gasteiger partial charge in [0.15, 0.2) is 0 Å². The largest absolute Gasteiger partial charge is 0.158 e. The average Bonchev–Trinajstić information content (AvgIpc) is 2.38. The molecule has 0 fully saturated rings. The smallest absolute Gasteiger partial charge is 0.0116 e. The molecule has 0 radical (unpaired) electrons. The molecule has 0 nitrogen and oxygen atoms in total. The summed E-state index contributed by atoms with van der Waals surface area (Å²) in [6, 6.07) is 0. The van der Waals surface area contributed by atoms with Crippen molar-refractivity contribution in [2.75, 3.05) is 11.5 Å². The number of allylic oxidation sites excluding steroid dienone is 9. The first-order chi connectivity index (χ1) is 8.72. The molecule has 96 valence electrons. The normalized spacial score (nSPS) is 29.9. The van der Waals surface area contributed by atoms with Crippen molar-refractivity contribution in [2.24, 2.45) is 5.92 Å². The lowest BCUT2D eigenvalue weighted by Gasteiger charge is -2.11. The van der Waals surface area contributed by atoms with Crippen LogP contribution in [0.4, 0.5) is 0 Å². The van der Waals surface area contributed by atoms with Gasteiger partial charge < -0.3 is 0 Å². The maximum atomic E-state index is 4.10. The Labute approximate surface area is 116 Å². The van der Waals surface area contributed by atoms with E-state index < -0.39 is 0 Å². The Balaban J connectivity index is 2.73. The van der Waals surface area contributed by atoms with Crippen molar-refractivity contribution in [3.05, 3.63) is 72.9 Å². The minimum Gasteiger partial charge on any atom is -0.158 e. The molecule has 0 aromatic carbocycles. The van der Waals surface area contributed by atoms with Gasteiger partial charge in [-0.25, -0.2) is 0 Å². The average molecular weight is 258 g/mol. The minimum atomic E-state index is 0.291. The summed E-state index contributed by atoms with van der Waals surface area (Å²) in [7, 11) is 0. The van der Waals surface area contributed by atoms with Gasteiger partial charge in [-0.2, -0.15) is 11.8 Å². The van der Waals surface area contributed by atoms with Gasteiger partial charge in [0.1, 0.15) is 0 Å². The van der Waals surface area contributed by atoms with E-state index in [9.17, 15) is 0 Å². The number of hydrogen-bond acceptors (Lipinski definition) is 1. The van der Waals surface area contributed by atoms with E-state index in [1.807, 2.05) is 11.8 Å². The van der Waals surface area contributed by atoms with Crippen LogP contribution >= 0.6 is 11.8 Å². The third-order valence-corrected chi connectivity index (χ3v) is 3.82. The van der Waals surface area contributed by atoms with Crippen LogP contribution in [-0.4, -0.2) is 11.5 Å². The molecule has 1 atom stereocenters. The maximum absolute atomic E-state index is 4.10. The number of hydrogen-bond donors (Lipinski definition) is 0. The van der Waals surface area contributed by atoms with Crippen molar-refractivity contribution in [1.29, 1.82) is 0 Å². The Morgan fingerprint density at radius 3 is 2.28 bits per heavy atom. The van der Waals surface area contributed by atoms with Crippen LogP contribution in [0.3, 0.4) is 0 Å². The van der Waals surface area contributed by atoms with Gasteiger partial charge >= 0.3 is 0 Å². The van der Waals surface area contributed by atoms with E-state index in [-0.39, 0.29) is 0 Å². The van der Waals surface area contributed by atoms with E-state index in [2.05, 4.69) is 68.7 Å². The zero-order valence-electron chi connectivity index (χ0n) is 11.1. The molecular weight excluding hydrogens is 236 g/mol. The molecule has 1 heteroatoms. The molecule has 1 rings (SSSR count). The Bertz CT molecular complexity index is 356. The van der Waals surface area contributed by atoms with Gasteiger partial charge in [0, 0.05) is 11.7 Å². The summed E-state index contributed by atoms with van der Waals surface area (Å²) in [5.41, 5.74) is 2.20. The maximum Gasteiger partial charge on any atom is 0.0116 e. The first kappa shape index (κ1) is 14.8. The monoisotopic (exact) mass is 258 g/mol. The van der Waals surface area contributed by atoms with Gasteiger partial charge in [-0.1, -0.05) is 68.7 Å². The zero-order valence-corrected chi connectivity index (χ0v) is 12.0. The van der Waals surface area contributed by atoms with Gasteiger partial charge in [0.05, 0.1) is 0 Å². The number of rotatable bonds is 0. The quantitative estimate of drug-likeness (QED) is 0.582. The topological polar surface area (TPSA) is 0 Å². The fraction of sp³-hybridized carbons (Fsp3) is 0.294. The summed E-state index contributed by atoms with van der Waals surface area (Å²) in [5, 5.41) is 0. The van der Waals surface area contributed by atoms with Crippen molar-refractivity contribution in [3.8, 4) is 0 Å². The first-order valence-electron chi connectivity index (χ1n) is 6.33. The molecule has 0 spiro atoms. The van der Waals surface area contributed by atoms with E-state index in [0.717, 1.165) is 23.3 Å². The highest BCUT2D eigenvalue weighted by molar-refractivity contribution is 7.99. The van der Waals surface area contributed by atoms with Gasteiger partial charge in [0.2, 0.25) is 0 Å². The van der Waals surface area contributed by atoms with Crippen LogP contribution in [0.15, 0.2) is 72.9 Å². The van der Waals surface area contributed by atoms with Crippen LogP contribution in [0.2, 0.25) is 0 Å². The lowest BCUT2D eigenvalue weighted by Crippen LogP contribution is -1.97. The highest BCUT2D eigenvalue weighted by Gasteiger charge is 2.04. The molecule has 0 saturated carbocycles. The molecule has 18 heavy (non-hydrogen) atoms. The molecule has 1 aliphatic heterocycles. The van der Waals surface area contributed by atoms with Crippen molar-refractivity contribution in [2.45, 2.75) is 13.3 Å². The van der Waals surface area contributed by atoms with Crippen molar-refractivity contribution in [1.82, 2.24) is 0 Å². The van der Waals surface area contributed by atoms with Crippen molar-refractivity contribution in [3.63, 3.8) is 0 Å². The summed E-state index contributed by atoms with van der Waals surface area (Å²) in [4.78, 5) is 0. The lowest BCUT2D eigenvalue weighted by atomic mass is 9.94. The van der Waals surface area contributed by atoms with Crippen LogP contribution in [0, 0.1) is 5.92 Å². The third kappa shape index (κ3) is 5.92. The van der Waals surface area contributed by atoms with Gasteiger partial charge in [0.25, 0.3) is 0 Å². The lowest BCUT2D eigenvalue weighted by molar-refractivity contribution is 0.856. The summed E-state index contributed by atoms with van der Waals surface area (Å²) in [6.45, 7) is 10.3. The Morgan fingerprint density at radius 2 is 1.61 bits per heavy atom. The molecule has 0 amide bonds. The SMILES string of the molecule is C=C1/C=C\C=C/CCSC/C=C\C=C/C(=C)C1C. The van der Waals surface area contributed by atoms with Crippen LogP contribution in [0.5, 0.6) is 0 Å². The molecule has 1 unspecified atom stereocenters. The van der Waals surface area contributed by atoms with Gasteiger partial charge in [-0.15, -0.1) is 0 Å². The molecule has 1 heterocycles. The van der Waals surface area contributed by atoms with Crippen LogP contribution in [-0.2, 0) is 0 Å². The summed E-state index contributed by atoms with van der Waals surface area (Å²) >= 11 is 1.95. The second-order valence-electron chi connectivity index (χ2n) is 4.31. The van der Waals surface area contributed by atoms with E-state index in [4.69, 9.17) is 0 Å². The van der Waals surface area contributed by atoms with Crippen molar-refractivity contribution >= 4 is 11.8 Å². The van der Waals surface area contributed by atoms with Crippen LogP contribution in [0.1, 0.15) is 13.3 Å². The summed E-state index contributed by atoms with van der Waals surface area (Å²) in [5.74, 6) is 2.53. The third-order valence-electron chi connectivity index (χ3n) is 2.87. The molecule has 1 aliphatic rings. The summed E-state index contributed by atoms with van der Waals surface area (Å²) < 4.78 is 0. The second kappa shape index (κ2) is 8.82. The highest BCUT2D eigenvalue weighted by atomic mass is 32.2. The zero-order chi connectivity index (χ0) is 13.2. The molecule has 0 aliphatic carbocycles. The first-order valence-corrected chi connectivity index (χ1v) is 7.49. The van der Waals surface area contributed by atoms with E-state index >= 15 is 0 Å². The predicted octanol–water partition coefficient (Wildman–Crippen LogP) is 5.10. The molecule has 0 N–H and O–H groups in total. The highest BCUT2D eigenvalue weighted by Crippen LogP contribution is 2.19.